The molecule has 0 aromatic heterocycles. The Bertz CT molecular complexity index is 510. The molecule has 1 heterocycles. The molecule has 1 unspecified atom stereocenters. The molecule has 0 radical (unpaired) electrons. The van der Waals surface area contributed by atoms with Crippen LogP contribution in [0.15, 0.2) is 12.1 Å². The van der Waals surface area contributed by atoms with E-state index < -0.39 is 11.9 Å². The summed E-state index contributed by atoms with van der Waals surface area (Å²) >= 11 is 0. The van der Waals surface area contributed by atoms with Crippen molar-refractivity contribution in [2.45, 2.75) is 6.04 Å². The quantitative estimate of drug-likeness (QED) is 0.784. The number of rotatable bonds is 3. The van der Waals surface area contributed by atoms with Crippen LogP contribution in [0.1, 0.15) is 0 Å². The van der Waals surface area contributed by atoms with Crippen molar-refractivity contribution >= 4 is 17.3 Å². The summed E-state index contributed by atoms with van der Waals surface area (Å²) in [5.41, 5.74) is 6.70. The molecular weight excluding hydrogens is 265 g/mol. The number of benzene rings is 1. The number of carbonyl (C=O) groups is 1. The van der Waals surface area contributed by atoms with Gasteiger partial charge in [-0.25, -0.2) is 4.39 Å². The average Bonchev–Trinajstić information content (AvgIpc) is 2.47. The fourth-order valence-corrected chi connectivity index (χ4v) is 2.24. The summed E-state index contributed by atoms with van der Waals surface area (Å²) in [6.45, 7) is 1.24. The number of nitrogen functional groups attached to an aromatic ring is 1. The van der Waals surface area contributed by atoms with Crippen molar-refractivity contribution in [1.29, 1.82) is 0 Å². The first kappa shape index (κ1) is 14.4. The van der Waals surface area contributed by atoms with E-state index in [0.29, 0.717) is 18.8 Å². The lowest BCUT2D eigenvalue weighted by atomic mass is 10.1. The Hall–Kier alpha value is -2.02. The third-order valence-corrected chi connectivity index (χ3v) is 3.29. The molecular formula is C13H18FN3O3. The van der Waals surface area contributed by atoms with Crippen LogP contribution in [0.25, 0.3) is 0 Å². The summed E-state index contributed by atoms with van der Waals surface area (Å²) in [7, 11) is 2.94. The summed E-state index contributed by atoms with van der Waals surface area (Å²) in [4.78, 5) is 13.7. The molecule has 6 nitrogen and oxygen atoms in total. The minimum Gasteiger partial charge on any atom is -0.494 e. The normalized spacial score (nSPS) is 18.8. The number of ether oxygens (including phenoxy) is 2. The van der Waals surface area contributed by atoms with Gasteiger partial charge in [0.1, 0.15) is 6.04 Å². The first-order chi connectivity index (χ1) is 9.58. The van der Waals surface area contributed by atoms with Crippen LogP contribution in [0, 0.1) is 5.82 Å². The topological polar surface area (TPSA) is 76.8 Å². The number of amides is 1. The zero-order valence-corrected chi connectivity index (χ0v) is 11.5. The van der Waals surface area contributed by atoms with E-state index in [1.54, 1.807) is 11.9 Å². The minimum atomic E-state index is -0.529. The lowest BCUT2D eigenvalue weighted by Crippen LogP contribution is -2.53. The molecule has 0 bridgehead atoms. The number of carbonyl (C=O) groups excluding carboxylic acids is 1. The van der Waals surface area contributed by atoms with E-state index in [1.165, 1.54) is 19.2 Å². The van der Waals surface area contributed by atoms with Crippen LogP contribution in [-0.2, 0) is 9.53 Å². The van der Waals surface area contributed by atoms with Crippen LogP contribution in [0.2, 0.25) is 0 Å². The van der Waals surface area contributed by atoms with E-state index in [-0.39, 0.29) is 24.0 Å². The lowest BCUT2D eigenvalue weighted by molar-refractivity contribution is -0.124. The van der Waals surface area contributed by atoms with Gasteiger partial charge < -0.3 is 25.4 Å². The maximum Gasteiger partial charge on any atom is 0.244 e. The average molecular weight is 283 g/mol. The van der Waals surface area contributed by atoms with Crippen molar-refractivity contribution < 1.29 is 18.7 Å². The van der Waals surface area contributed by atoms with Gasteiger partial charge in [0, 0.05) is 25.7 Å². The van der Waals surface area contributed by atoms with Crippen molar-refractivity contribution in [1.82, 2.24) is 5.32 Å². The highest BCUT2D eigenvalue weighted by Gasteiger charge is 2.30. The summed E-state index contributed by atoms with van der Waals surface area (Å²) in [6.07, 6.45) is 0. The van der Waals surface area contributed by atoms with E-state index in [1.807, 2.05) is 0 Å². The highest BCUT2D eigenvalue weighted by Crippen LogP contribution is 2.32. The van der Waals surface area contributed by atoms with Crippen molar-refractivity contribution in [3.63, 3.8) is 0 Å². The third-order valence-electron chi connectivity index (χ3n) is 3.29. The Morgan fingerprint density at radius 2 is 2.35 bits per heavy atom. The Balaban J connectivity index is 2.39. The molecule has 1 aliphatic heterocycles. The van der Waals surface area contributed by atoms with E-state index in [4.69, 9.17) is 15.2 Å². The van der Waals surface area contributed by atoms with Gasteiger partial charge in [-0.3, -0.25) is 4.79 Å². The number of morpholine rings is 1. The van der Waals surface area contributed by atoms with Gasteiger partial charge in [0.15, 0.2) is 11.6 Å². The largest absolute Gasteiger partial charge is 0.494 e. The number of anilines is 2. The summed E-state index contributed by atoms with van der Waals surface area (Å²) < 4.78 is 23.9. The Morgan fingerprint density at radius 1 is 1.60 bits per heavy atom. The minimum absolute atomic E-state index is 0.0938. The monoisotopic (exact) mass is 283 g/mol. The zero-order chi connectivity index (χ0) is 14.7. The summed E-state index contributed by atoms with van der Waals surface area (Å²) in [6, 6.07) is 2.21. The second-order valence-corrected chi connectivity index (χ2v) is 4.44. The number of halogens is 1. The number of nitrogens with zero attached hydrogens (tertiary/aromatic N) is 1. The van der Waals surface area contributed by atoms with Gasteiger partial charge >= 0.3 is 0 Å². The zero-order valence-electron chi connectivity index (χ0n) is 11.5. The molecule has 2 rings (SSSR count). The molecule has 1 amide bonds. The molecule has 7 heteroatoms. The molecule has 1 atom stereocenters. The third kappa shape index (κ3) is 2.62. The molecule has 110 valence electrons. The van der Waals surface area contributed by atoms with Crippen LogP contribution < -0.4 is 20.7 Å². The molecule has 0 saturated carbocycles. The Kier molecular flexibility index (Phi) is 4.29. The van der Waals surface area contributed by atoms with E-state index in [9.17, 15) is 9.18 Å². The molecule has 0 aliphatic carbocycles. The van der Waals surface area contributed by atoms with Gasteiger partial charge in [-0.1, -0.05) is 0 Å². The maximum absolute atomic E-state index is 13.6. The van der Waals surface area contributed by atoms with Gasteiger partial charge in [0.25, 0.3) is 0 Å². The van der Waals surface area contributed by atoms with Gasteiger partial charge in [-0.2, -0.15) is 0 Å². The Morgan fingerprint density at radius 3 is 3.00 bits per heavy atom. The van der Waals surface area contributed by atoms with Crippen LogP contribution in [0.4, 0.5) is 15.8 Å². The molecule has 1 saturated heterocycles. The number of nitrogens with two attached hydrogens (primary N) is 1. The predicted octanol–water partition coefficient (Wildman–Crippen LogP) is 0.368. The lowest BCUT2D eigenvalue weighted by Gasteiger charge is -2.36. The van der Waals surface area contributed by atoms with Gasteiger partial charge in [0.2, 0.25) is 5.91 Å². The molecule has 0 spiro atoms. The summed E-state index contributed by atoms with van der Waals surface area (Å²) in [5, 5.41) is 2.59. The van der Waals surface area contributed by atoms with Gasteiger partial charge in [0.05, 0.1) is 31.7 Å². The van der Waals surface area contributed by atoms with Gasteiger partial charge in [-0.05, 0) is 0 Å². The van der Waals surface area contributed by atoms with Crippen LogP contribution >= 0.6 is 0 Å². The fraction of sp³-hybridized carbons (Fsp3) is 0.462. The van der Waals surface area contributed by atoms with Crippen molar-refractivity contribution in [2.75, 3.05) is 44.5 Å². The van der Waals surface area contributed by atoms with Crippen LogP contribution in [-0.4, -0.2) is 45.9 Å². The maximum atomic E-state index is 13.6. The predicted molar refractivity (Wildman–Crippen MR) is 73.4 cm³/mol. The molecule has 1 fully saturated rings. The smallest absolute Gasteiger partial charge is 0.244 e. The fourth-order valence-electron chi connectivity index (χ4n) is 2.24. The van der Waals surface area contributed by atoms with Crippen molar-refractivity contribution in [3.05, 3.63) is 17.9 Å². The molecule has 1 aliphatic rings. The SMILES string of the molecule is CNC(=O)C1COCCN1c1cc(OC)c(F)cc1N. The number of hydrogen-bond donors (Lipinski definition) is 2. The number of likely N-dealkylation sites (N-methyl/N-ethyl adjacent to an activating group) is 1. The van der Waals surface area contributed by atoms with E-state index in [0.717, 1.165) is 0 Å². The standard InChI is InChI=1S/C13H18FN3O3/c1-16-13(18)11-7-20-4-3-17(11)10-6-12(19-2)8(14)5-9(10)15/h5-6,11H,3-4,7,15H2,1-2H3,(H,16,18). The Labute approximate surface area is 116 Å². The second kappa shape index (κ2) is 5.96. The van der Waals surface area contributed by atoms with Crippen molar-refractivity contribution in [2.24, 2.45) is 0 Å². The molecule has 1 aromatic carbocycles. The summed E-state index contributed by atoms with van der Waals surface area (Å²) in [5.74, 6) is -0.609. The highest BCUT2D eigenvalue weighted by atomic mass is 19.1. The number of nitrogens with one attached hydrogen (secondary N) is 1. The van der Waals surface area contributed by atoms with E-state index >= 15 is 0 Å². The molecule has 20 heavy (non-hydrogen) atoms. The first-order valence-electron chi connectivity index (χ1n) is 6.27. The van der Waals surface area contributed by atoms with Crippen LogP contribution in [0.5, 0.6) is 5.75 Å². The van der Waals surface area contributed by atoms with E-state index in [2.05, 4.69) is 5.32 Å². The number of hydrogen-bond acceptors (Lipinski definition) is 5. The molecule has 1 aromatic rings. The second-order valence-electron chi connectivity index (χ2n) is 4.44. The number of methoxy groups -OCH3 is 1. The molecule has 3 N–H and O–H groups in total. The highest BCUT2D eigenvalue weighted by molar-refractivity contribution is 5.87. The van der Waals surface area contributed by atoms with Gasteiger partial charge in [-0.15, -0.1) is 0 Å². The van der Waals surface area contributed by atoms with Crippen LogP contribution in [0.3, 0.4) is 0 Å². The van der Waals surface area contributed by atoms with Crippen molar-refractivity contribution in [3.8, 4) is 5.75 Å². The first-order valence-corrected chi connectivity index (χ1v) is 6.27.